The van der Waals surface area contributed by atoms with Crippen molar-refractivity contribution >= 4 is 15.9 Å². The Morgan fingerprint density at radius 2 is 1.88 bits per heavy atom. The van der Waals surface area contributed by atoms with E-state index in [-0.39, 0.29) is 0 Å². The molecule has 1 nitrogen and oxygen atoms in total. The van der Waals surface area contributed by atoms with Crippen molar-refractivity contribution in [3.63, 3.8) is 0 Å². The van der Waals surface area contributed by atoms with Crippen molar-refractivity contribution in [2.75, 3.05) is 18.5 Å². The molecular weight excluding hydrogens is 264 g/mol. The highest BCUT2D eigenvalue weighted by molar-refractivity contribution is 9.09. The second kappa shape index (κ2) is 11.9. The first kappa shape index (κ1) is 16.4. The molecule has 2 atom stereocenters. The summed E-state index contributed by atoms with van der Waals surface area (Å²) in [6.45, 7) is 8.75. The van der Waals surface area contributed by atoms with Gasteiger partial charge in [0, 0.05) is 18.5 Å². The Labute approximate surface area is 110 Å². The van der Waals surface area contributed by atoms with Gasteiger partial charge in [0.05, 0.1) is 0 Å². The molecule has 0 saturated heterocycles. The molecule has 0 aliphatic rings. The number of rotatable bonds is 11. The first-order chi connectivity index (χ1) is 7.74. The fraction of sp³-hybridized carbons (Fsp3) is 1.00. The van der Waals surface area contributed by atoms with E-state index < -0.39 is 0 Å². The molecule has 2 heteroatoms. The van der Waals surface area contributed by atoms with Crippen molar-refractivity contribution < 1.29 is 4.74 Å². The molecule has 0 aliphatic heterocycles. The van der Waals surface area contributed by atoms with Gasteiger partial charge < -0.3 is 4.74 Å². The molecule has 0 aromatic rings. The topological polar surface area (TPSA) is 9.23 Å². The monoisotopic (exact) mass is 292 g/mol. The molecule has 0 aromatic carbocycles. The quantitative estimate of drug-likeness (QED) is 0.383. The van der Waals surface area contributed by atoms with Crippen LogP contribution in [0, 0.1) is 11.8 Å². The van der Waals surface area contributed by atoms with Gasteiger partial charge in [0.1, 0.15) is 0 Å². The van der Waals surface area contributed by atoms with Crippen molar-refractivity contribution in [2.24, 2.45) is 11.8 Å². The third kappa shape index (κ3) is 9.65. The lowest BCUT2D eigenvalue weighted by atomic mass is 10.0. The molecule has 16 heavy (non-hydrogen) atoms. The van der Waals surface area contributed by atoms with Crippen LogP contribution in [0.5, 0.6) is 0 Å². The van der Waals surface area contributed by atoms with Gasteiger partial charge in [0.15, 0.2) is 0 Å². The van der Waals surface area contributed by atoms with Crippen molar-refractivity contribution in [3.8, 4) is 0 Å². The average Bonchev–Trinajstić information content (AvgIpc) is 2.28. The van der Waals surface area contributed by atoms with Crippen LogP contribution >= 0.6 is 15.9 Å². The first-order valence-electron chi connectivity index (χ1n) is 6.88. The molecule has 0 aromatic heterocycles. The maximum Gasteiger partial charge on any atom is 0.0494 e. The van der Waals surface area contributed by atoms with Gasteiger partial charge in [-0.1, -0.05) is 56.0 Å². The fourth-order valence-corrected chi connectivity index (χ4v) is 2.54. The zero-order chi connectivity index (χ0) is 12.2. The van der Waals surface area contributed by atoms with Crippen LogP contribution in [0.4, 0.5) is 0 Å². The highest BCUT2D eigenvalue weighted by Gasteiger charge is 2.06. The molecule has 0 spiro atoms. The van der Waals surface area contributed by atoms with Crippen LogP contribution in [0.15, 0.2) is 0 Å². The molecule has 2 unspecified atom stereocenters. The standard InChI is InChI=1S/C14H29BrO/c1-4-6-7-14(5-2)12-16-11-9-13(3)8-10-15/h13-14H,4-12H2,1-3H3. The Hall–Kier alpha value is 0.440. The van der Waals surface area contributed by atoms with Crippen LogP contribution < -0.4 is 0 Å². The predicted molar refractivity (Wildman–Crippen MR) is 76.3 cm³/mol. The van der Waals surface area contributed by atoms with Gasteiger partial charge in [-0.05, 0) is 31.1 Å². The van der Waals surface area contributed by atoms with Gasteiger partial charge in [0.2, 0.25) is 0 Å². The Bertz CT molecular complexity index is 139. The van der Waals surface area contributed by atoms with Gasteiger partial charge in [0.25, 0.3) is 0 Å². The minimum atomic E-state index is 0.784. The fourth-order valence-electron chi connectivity index (χ4n) is 1.76. The number of hydrogen-bond acceptors (Lipinski definition) is 1. The summed E-state index contributed by atoms with van der Waals surface area (Å²) in [5, 5.41) is 1.11. The van der Waals surface area contributed by atoms with Gasteiger partial charge in [-0.25, -0.2) is 0 Å². The lowest BCUT2D eigenvalue weighted by Gasteiger charge is -2.15. The Kier molecular flexibility index (Phi) is 12.2. The summed E-state index contributed by atoms with van der Waals surface area (Å²) in [4.78, 5) is 0. The maximum atomic E-state index is 5.79. The number of alkyl halides is 1. The van der Waals surface area contributed by atoms with Crippen LogP contribution in [0.25, 0.3) is 0 Å². The highest BCUT2D eigenvalue weighted by atomic mass is 79.9. The van der Waals surface area contributed by atoms with Crippen LogP contribution in [0.1, 0.15) is 59.3 Å². The number of halogens is 1. The van der Waals surface area contributed by atoms with E-state index in [1.54, 1.807) is 0 Å². The Morgan fingerprint density at radius 3 is 2.44 bits per heavy atom. The van der Waals surface area contributed by atoms with E-state index in [9.17, 15) is 0 Å². The molecule has 98 valence electrons. The highest BCUT2D eigenvalue weighted by Crippen LogP contribution is 2.14. The molecular formula is C14H29BrO. The van der Waals surface area contributed by atoms with Crippen LogP contribution in [0.3, 0.4) is 0 Å². The summed E-state index contributed by atoms with van der Waals surface area (Å²) in [5.74, 6) is 1.57. The second-order valence-corrected chi connectivity index (χ2v) is 5.66. The lowest BCUT2D eigenvalue weighted by Crippen LogP contribution is -2.11. The number of hydrogen-bond donors (Lipinski definition) is 0. The van der Waals surface area contributed by atoms with Gasteiger partial charge in [-0.2, -0.15) is 0 Å². The zero-order valence-corrected chi connectivity index (χ0v) is 12.9. The predicted octanol–water partition coefficient (Wildman–Crippen LogP) is 5.03. The summed E-state index contributed by atoms with van der Waals surface area (Å²) >= 11 is 3.48. The molecule has 0 radical (unpaired) electrons. The minimum absolute atomic E-state index is 0.784. The van der Waals surface area contributed by atoms with Crippen LogP contribution in [-0.4, -0.2) is 18.5 Å². The minimum Gasteiger partial charge on any atom is -0.381 e. The first-order valence-corrected chi connectivity index (χ1v) is 8.00. The summed E-state index contributed by atoms with van der Waals surface area (Å²) in [6, 6.07) is 0. The Balaban J connectivity index is 3.39. The molecule has 0 aliphatic carbocycles. The van der Waals surface area contributed by atoms with E-state index in [1.807, 2.05) is 0 Å². The zero-order valence-electron chi connectivity index (χ0n) is 11.3. The molecule has 0 saturated carbocycles. The van der Waals surface area contributed by atoms with Crippen molar-refractivity contribution in [1.82, 2.24) is 0 Å². The normalized spacial score (nSPS) is 15.0. The van der Waals surface area contributed by atoms with E-state index >= 15 is 0 Å². The third-order valence-corrected chi connectivity index (χ3v) is 3.71. The second-order valence-electron chi connectivity index (χ2n) is 4.86. The van der Waals surface area contributed by atoms with E-state index in [0.29, 0.717) is 0 Å². The van der Waals surface area contributed by atoms with E-state index in [1.165, 1.54) is 38.5 Å². The van der Waals surface area contributed by atoms with E-state index in [4.69, 9.17) is 4.74 Å². The van der Waals surface area contributed by atoms with Crippen LogP contribution in [-0.2, 0) is 4.74 Å². The van der Waals surface area contributed by atoms with E-state index in [2.05, 4.69) is 36.7 Å². The molecule has 0 fully saturated rings. The van der Waals surface area contributed by atoms with Crippen molar-refractivity contribution in [2.45, 2.75) is 59.3 Å². The van der Waals surface area contributed by atoms with Gasteiger partial charge in [-0.3, -0.25) is 0 Å². The van der Waals surface area contributed by atoms with Crippen LogP contribution in [0.2, 0.25) is 0 Å². The third-order valence-electron chi connectivity index (χ3n) is 3.25. The molecule has 0 N–H and O–H groups in total. The van der Waals surface area contributed by atoms with E-state index in [0.717, 1.165) is 30.4 Å². The Morgan fingerprint density at radius 1 is 1.12 bits per heavy atom. The summed E-state index contributed by atoms with van der Waals surface area (Å²) < 4.78 is 5.79. The van der Waals surface area contributed by atoms with Gasteiger partial charge >= 0.3 is 0 Å². The molecule has 0 rings (SSSR count). The summed E-state index contributed by atoms with van der Waals surface area (Å²) in [7, 11) is 0. The summed E-state index contributed by atoms with van der Waals surface area (Å²) in [6.07, 6.45) is 7.72. The number of ether oxygens (including phenoxy) is 1. The molecule has 0 bridgehead atoms. The SMILES string of the molecule is CCCCC(CC)COCCC(C)CCBr. The van der Waals surface area contributed by atoms with Crippen molar-refractivity contribution in [1.29, 1.82) is 0 Å². The van der Waals surface area contributed by atoms with Crippen molar-refractivity contribution in [3.05, 3.63) is 0 Å². The largest absolute Gasteiger partial charge is 0.381 e. The molecule has 0 heterocycles. The van der Waals surface area contributed by atoms with Gasteiger partial charge in [-0.15, -0.1) is 0 Å². The molecule has 0 amide bonds. The lowest BCUT2D eigenvalue weighted by molar-refractivity contribution is 0.0847. The average molecular weight is 293 g/mol. The smallest absolute Gasteiger partial charge is 0.0494 e. The summed E-state index contributed by atoms with van der Waals surface area (Å²) in [5.41, 5.74) is 0. The number of unbranched alkanes of at least 4 members (excludes halogenated alkanes) is 1. The maximum absolute atomic E-state index is 5.79.